The third-order valence-electron chi connectivity index (χ3n) is 6.96. The Morgan fingerprint density at radius 2 is 1.23 bits per heavy atom. The Bertz CT molecular complexity index is 1790. The highest BCUT2D eigenvalue weighted by molar-refractivity contribution is 6.23. The molecule has 0 saturated carbocycles. The van der Waals surface area contributed by atoms with Crippen LogP contribution >= 0.6 is 0 Å². The zero-order chi connectivity index (χ0) is 23.2. The molecule has 0 atom stereocenters. The summed E-state index contributed by atoms with van der Waals surface area (Å²) in [5.41, 5.74) is 8.75. The van der Waals surface area contributed by atoms with E-state index in [4.69, 9.17) is 0 Å². The van der Waals surface area contributed by atoms with Crippen molar-refractivity contribution in [1.82, 2.24) is 9.13 Å². The van der Waals surface area contributed by atoms with Crippen molar-refractivity contribution >= 4 is 32.7 Å². The topological polar surface area (TPSA) is 9.86 Å². The van der Waals surface area contributed by atoms with Gasteiger partial charge in [-0.15, -0.1) is 0 Å². The van der Waals surface area contributed by atoms with Crippen LogP contribution in [-0.4, -0.2) is 9.13 Å². The number of hydrogen-bond donors (Lipinski definition) is 0. The normalized spacial score (nSPS) is 11.5. The van der Waals surface area contributed by atoms with Gasteiger partial charge in [0.05, 0.1) is 16.6 Å². The molecule has 0 radical (unpaired) electrons. The Hall–Kier alpha value is -4.56. The molecule has 0 unspecified atom stereocenters. The second-order valence-electron chi connectivity index (χ2n) is 9.07. The zero-order valence-corrected chi connectivity index (χ0v) is 19.3. The maximum Gasteiger partial charge on any atom is 0.0791 e. The van der Waals surface area contributed by atoms with Crippen LogP contribution in [0.2, 0.25) is 0 Å². The van der Waals surface area contributed by atoms with Crippen molar-refractivity contribution in [2.24, 2.45) is 0 Å². The van der Waals surface area contributed by atoms with Crippen molar-refractivity contribution in [2.45, 2.75) is 6.54 Å². The molecule has 0 amide bonds. The molecule has 0 spiro atoms. The van der Waals surface area contributed by atoms with E-state index < -0.39 is 0 Å². The molecule has 7 aromatic rings. The van der Waals surface area contributed by atoms with Gasteiger partial charge in [-0.1, -0.05) is 97.1 Å². The zero-order valence-electron chi connectivity index (χ0n) is 19.3. The summed E-state index contributed by atoms with van der Waals surface area (Å²) in [5, 5.41) is 3.84. The minimum Gasteiger partial charge on any atom is -0.341 e. The molecule has 0 fully saturated rings. The minimum absolute atomic E-state index is 0.834. The lowest BCUT2D eigenvalue weighted by Crippen LogP contribution is -2.01. The molecule has 7 rings (SSSR count). The predicted molar refractivity (Wildman–Crippen MR) is 147 cm³/mol. The first-order chi connectivity index (χ1) is 17.4. The fraction of sp³-hybridized carbons (Fsp3) is 0.0303. The minimum atomic E-state index is 0.834. The molecule has 2 heteroatoms. The van der Waals surface area contributed by atoms with Crippen molar-refractivity contribution in [3.63, 3.8) is 0 Å². The van der Waals surface area contributed by atoms with E-state index in [1.165, 1.54) is 55.1 Å². The summed E-state index contributed by atoms with van der Waals surface area (Å²) in [6, 6.07) is 45.7. The van der Waals surface area contributed by atoms with Crippen LogP contribution in [0.1, 0.15) is 5.56 Å². The standard InChI is InChI=1S/C33H24N2/c1-4-12-24(13-5-1)23-34-21-20-26-22-29(25-14-6-2-7-15-25)31-28-18-10-11-19-30(28)35(33(31)32(26)34)27-16-8-3-9-17-27/h1-22H,23H2. The van der Waals surface area contributed by atoms with E-state index in [0.29, 0.717) is 0 Å². The van der Waals surface area contributed by atoms with Crippen LogP contribution in [0, 0.1) is 0 Å². The average molecular weight is 449 g/mol. The van der Waals surface area contributed by atoms with Crippen molar-refractivity contribution in [3.05, 3.63) is 139 Å². The van der Waals surface area contributed by atoms with Gasteiger partial charge in [0.1, 0.15) is 0 Å². The molecule has 0 bridgehead atoms. The average Bonchev–Trinajstić information content (AvgIpc) is 3.48. The summed E-state index contributed by atoms with van der Waals surface area (Å²) >= 11 is 0. The van der Waals surface area contributed by atoms with E-state index >= 15 is 0 Å². The highest BCUT2D eigenvalue weighted by atomic mass is 15.0. The molecule has 166 valence electrons. The van der Waals surface area contributed by atoms with E-state index in [9.17, 15) is 0 Å². The van der Waals surface area contributed by atoms with Gasteiger partial charge in [-0.25, -0.2) is 0 Å². The maximum atomic E-state index is 2.45. The van der Waals surface area contributed by atoms with Crippen LogP contribution < -0.4 is 0 Å². The van der Waals surface area contributed by atoms with Gasteiger partial charge >= 0.3 is 0 Å². The first-order valence-corrected chi connectivity index (χ1v) is 12.1. The Labute approximate surface area is 204 Å². The number of rotatable bonds is 4. The van der Waals surface area contributed by atoms with Gasteiger partial charge < -0.3 is 9.13 Å². The van der Waals surface area contributed by atoms with Gasteiger partial charge in [-0.3, -0.25) is 0 Å². The summed E-state index contributed by atoms with van der Waals surface area (Å²) in [6.07, 6.45) is 2.24. The smallest absolute Gasteiger partial charge is 0.0791 e. The van der Waals surface area contributed by atoms with E-state index in [-0.39, 0.29) is 0 Å². The summed E-state index contributed by atoms with van der Waals surface area (Å²) < 4.78 is 4.85. The number of fused-ring (bicyclic) bond motifs is 5. The summed E-state index contributed by atoms with van der Waals surface area (Å²) in [5.74, 6) is 0. The van der Waals surface area contributed by atoms with Crippen molar-refractivity contribution in [2.75, 3.05) is 0 Å². The number of hydrogen-bond acceptors (Lipinski definition) is 0. The van der Waals surface area contributed by atoms with E-state index in [2.05, 4.69) is 143 Å². The van der Waals surface area contributed by atoms with Crippen molar-refractivity contribution in [1.29, 1.82) is 0 Å². The largest absolute Gasteiger partial charge is 0.341 e. The van der Waals surface area contributed by atoms with Gasteiger partial charge in [-0.2, -0.15) is 0 Å². The van der Waals surface area contributed by atoms with E-state index in [1.807, 2.05) is 0 Å². The summed E-state index contributed by atoms with van der Waals surface area (Å²) in [6.45, 7) is 0.834. The molecule has 0 aliphatic heterocycles. The van der Waals surface area contributed by atoms with E-state index in [0.717, 1.165) is 6.54 Å². The van der Waals surface area contributed by atoms with Crippen LogP contribution in [0.5, 0.6) is 0 Å². The summed E-state index contributed by atoms with van der Waals surface area (Å²) in [4.78, 5) is 0. The Morgan fingerprint density at radius 3 is 2.00 bits per heavy atom. The lowest BCUT2D eigenvalue weighted by molar-refractivity contribution is 0.838. The van der Waals surface area contributed by atoms with Crippen molar-refractivity contribution < 1.29 is 0 Å². The molecule has 0 saturated heterocycles. The molecule has 2 nitrogen and oxygen atoms in total. The molecule has 0 N–H and O–H groups in total. The Kier molecular flexibility index (Phi) is 4.56. The van der Waals surface area contributed by atoms with Crippen LogP contribution in [0.15, 0.2) is 134 Å². The second kappa shape index (κ2) is 8.03. The quantitative estimate of drug-likeness (QED) is 0.256. The van der Waals surface area contributed by atoms with Crippen molar-refractivity contribution in [3.8, 4) is 16.8 Å². The molecule has 35 heavy (non-hydrogen) atoms. The first-order valence-electron chi connectivity index (χ1n) is 12.1. The van der Waals surface area contributed by atoms with Gasteiger partial charge in [0.25, 0.3) is 0 Å². The van der Waals surface area contributed by atoms with Crippen LogP contribution in [-0.2, 0) is 6.54 Å². The van der Waals surface area contributed by atoms with Gasteiger partial charge in [-0.05, 0) is 47.0 Å². The Morgan fingerprint density at radius 1 is 0.571 bits per heavy atom. The van der Waals surface area contributed by atoms with Crippen LogP contribution in [0.25, 0.3) is 49.5 Å². The van der Waals surface area contributed by atoms with Gasteiger partial charge in [0.2, 0.25) is 0 Å². The highest BCUT2D eigenvalue weighted by Crippen LogP contribution is 2.42. The third-order valence-corrected chi connectivity index (χ3v) is 6.96. The molecule has 0 aliphatic rings. The molecule has 0 aliphatic carbocycles. The Balaban J connectivity index is 1.67. The van der Waals surface area contributed by atoms with Crippen LogP contribution in [0.3, 0.4) is 0 Å². The fourth-order valence-corrected chi connectivity index (χ4v) is 5.45. The fourth-order valence-electron chi connectivity index (χ4n) is 5.45. The van der Waals surface area contributed by atoms with Crippen LogP contribution in [0.4, 0.5) is 0 Å². The number of nitrogens with zero attached hydrogens (tertiary/aromatic N) is 2. The number of para-hydroxylation sites is 2. The summed E-state index contributed by atoms with van der Waals surface area (Å²) in [7, 11) is 0. The lowest BCUT2D eigenvalue weighted by Gasteiger charge is -2.13. The highest BCUT2D eigenvalue weighted by Gasteiger charge is 2.21. The molecule has 5 aromatic carbocycles. The first kappa shape index (κ1) is 19.9. The van der Waals surface area contributed by atoms with Gasteiger partial charge in [0, 0.05) is 34.6 Å². The molecule has 2 aromatic heterocycles. The third kappa shape index (κ3) is 3.18. The monoisotopic (exact) mass is 448 g/mol. The maximum absolute atomic E-state index is 2.45. The SMILES string of the molecule is c1ccc(Cn2ccc3cc(-c4ccccc4)c4c5ccccc5n(-c5ccccc5)c4c32)cc1. The lowest BCUT2D eigenvalue weighted by atomic mass is 9.97. The predicted octanol–water partition coefficient (Wildman–Crippen LogP) is 8.45. The van der Waals surface area contributed by atoms with Gasteiger partial charge in [0.15, 0.2) is 0 Å². The molecular formula is C33H24N2. The molecular weight excluding hydrogens is 424 g/mol. The van der Waals surface area contributed by atoms with E-state index in [1.54, 1.807) is 0 Å². The second-order valence-corrected chi connectivity index (χ2v) is 9.07. The molecule has 2 heterocycles. The number of aromatic nitrogens is 2. The number of benzene rings is 5.